The summed E-state index contributed by atoms with van der Waals surface area (Å²) in [5, 5.41) is 2.68. The van der Waals surface area contributed by atoms with E-state index in [-0.39, 0.29) is 17.2 Å². The highest BCUT2D eigenvalue weighted by Crippen LogP contribution is 2.16. The lowest BCUT2D eigenvalue weighted by Gasteiger charge is -2.07. The second-order valence-corrected chi connectivity index (χ2v) is 6.79. The Morgan fingerprint density at radius 3 is 2.52 bits per heavy atom. The van der Waals surface area contributed by atoms with E-state index >= 15 is 0 Å². The molecule has 6 heteroatoms. The Balaban J connectivity index is 2.10. The summed E-state index contributed by atoms with van der Waals surface area (Å²) in [6.45, 7) is 0. The molecule has 2 aromatic carbocycles. The molecule has 0 aliphatic carbocycles. The first-order chi connectivity index (χ1) is 9.84. The van der Waals surface area contributed by atoms with Crippen molar-refractivity contribution in [3.63, 3.8) is 0 Å². The van der Waals surface area contributed by atoms with Gasteiger partial charge in [0.05, 0.1) is 11.3 Å². The van der Waals surface area contributed by atoms with Gasteiger partial charge in [0.15, 0.2) is 9.84 Å². The molecule has 3 N–H and O–H groups in total. The summed E-state index contributed by atoms with van der Waals surface area (Å²) in [5.74, 6) is -0.230. The first kappa shape index (κ1) is 15.1. The minimum absolute atomic E-state index is 0.171. The maximum absolute atomic E-state index is 12.0. The summed E-state index contributed by atoms with van der Waals surface area (Å²) in [5.41, 5.74) is 7.50. The average Bonchev–Trinajstić information content (AvgIpc) is 2.37. The topological polar surface area (TPSA) is 89.3 Å². The number of sulfone groups is 1. The molecule has 0 atom stereocenters. The van der Waals surface area contributed by atoms with E-state index in [0.29, 0.717) is 11.4 Å². The summed E-state index contributed by atoms with van der Waals surface area (Å²) >= 11 is 0. The number of rotatable bonds is 4. The average molecular weight is 304 g/mol. The summed E-state index contributed by atoms with van der Waals surface area (Å²) in [6, 6.07) is 13.2. The molecule has 0 aromatic heterocycles. The molecular weight excluding hydrogens is 288 g/mol. The molecule has 5 nitrogen and oxygen atoms in total. The fraction of sp³-hybridized carbons (Fsp3) is 0.133. The lowest BCUT2D eigenvalue weighted by molar-refractivity contribution is -0.115. The molecule has 0 bridgehead atoms. The number of benzene rings is 2. The van der Waals surface area contributed by atoms with Gasteiger partial charge in [0, 0.05) is 17.6 Å². The van der Waals surface area contributed by atoms with E-state index in [2.05, 4.69) is 5.32 Å². The smallest absolute Gasteiger partial charge is 0.228 e. The predicted molar refractivity (Wildman–Crippen MR) is 82.7 cm³/mol. The zero-order chi connectivity index (χ0) is 15.5. The van der Waals surface area contributed by atoms with Crippen LogP contribution in [0.2, 0.25) is 0 Å². The van der Waals surface area contributed by atoms with E-state index in [1.54, 1.807) is 30.3 Å². The van der Waals surface area contributed by atoms with Gasteiger partial charge in [-0.05, 0) is 35.9 Å². The highest BCUT2D eigenvalue weighted by molar-refractivity contribution is 7.90. The number of amides is 1. The van der Waals surface area contributed by atoms with E-state index in [4.69, 9.17) is 5.73 Å². The Kier molecular flexibility index (Phi) is 4.28. The number of nitrogens with one attached hydrogen (secondary N) is 1. The van der Waals surface area contributed by atoms with Crippen molar-refractivity contribution in [1.82, 2.24) is 0 Å². The fourth-order valence-electron chi connectivity index (χ4n) is 1.90. The van der Waals surface area contributed by atoms with Crippen LogP contribution in [0.3, 0.4) is 0 Å². The van der Waals surface area contributed by atoms with Crippen LogP contribution in [0, 0.1) is 0 Å². The Morgan fingerprint density at radius 1 is 1.14 bits per heavy atom. The van der Waals surface area contributed by atoms with Crippen molar-refractivity contribution in [3.8, 4) is 0 Å². The number of hydrogen-bond acceptors (Lipinski definition) is 4. The number of anilines is 2. The number of carbonyl (C=O) groups excluding carboxylic acids is 1. The van der Waals surface area contributed by atoms with E-state index < -0.39 is 9.84 Å². The quantitative estimate of drug-likeness (QED) is 0.844. The molecule has 21 heavy (non-hydrogen) atoms. The Labute approximate surface area is 123 Å². The predicted octanol–water partition coefficient (Wildman–Crippen LogP) is 1.85. The van der Waals surface area contributed by atoms with Crippen molar-refractivity contribution in [2.75, 3.05) is 17.3 Å². The maximum atomic E-state index is 12.0. The van der Waals surface area contributed by atoms with Gasteiger partial charge < -0.3 is 11.1 Å². The van der Waals surface area contributed by atoms with Crippen molar-refractivity contribution in [2.45, 2.75) is 11.3 Å². The van der Waals surface area contributed by atoms with Crippen LogP contribution in [-0.4, -0.2) is 20.6 Å². The molecule has 110 valence electrons. The lowest BCUT2D eigenvalue weighted by Crippen LogP contribution is -2.14. The molecule has 0 saturated heterocycles. The maximum Gasteiger partial charge on any atom is 0.228 e. The van der Waals surface area contributed by atoms with Gasteiger partial charge in [-0.2, -0.15) is 0 Å². The van der Waals surface area contributed by atoms with Crippen LogP contribution < -0.4 is 11.1 Å². The van der Waals surface area contributed by atoms with Gasteiger partial charge in [-0.15, -0.1) is 0 Å². The van der Waals surface area contributed by atoms with Gasteiger partial charge in [0.2, 0.25) is 5.91 Å². The molecule has 0 aliphatic rings. The summed E-state index contributed by atoms with van der Waals surface area (Å²) in [6.07, 6.45) is 1.30. The van der Waals surface area contributed by atoms with Gasteiger partial charge in [0.1, 0.15) is 0 Å². The second kappa shape index (κ2) is 5.97. The Morgan fingerprint density at radius 2 is 1.86 bits per heavy atom. The zero-order valence-corrected chi connectivity index (χ0v) is 12.4. The van der Waals surface area contributed by atoms with E-state index in [9.17, 15) is 13.2 Å². The van der Waals surface area contributed by atoms with Crippen molar-refractivity contribution in [2.24, 2.45) is 0 Å². The van der Waals surface area contributed by atoms with E-state index in [1.807, 2.05) is 6.07 Å². The molecule has 2 rings (SSSR count). The number of carbonyl (C=O) groups is 1. The number of nitrogens with two attached hydrogens (primary N) is 1. The Hall–Kier alpha value is -2.34. The van der Waals surface area contributed by atoms with E-state index in [1.165, 1.54) is 12.1 Å². The fourth-order valence-corrected chi connectivity index (χ4v) is 2.56. The number of hydrogen-bond donors (Lipinski definition) is 2. The SMILES string of the molecule is CS(=O)(=O)c1cccc(NC(=O)Cc2cccc(N)c2)c1. The van der Waals surface area contributed by atoms with Crippen molar-refractivity contribution in [1.29, 1.82) is 0 Å². The van der Waals surface area contributed by atoms with Gasteiger partial charge in [-0.3, -0.25) is 4.79 Å². The van der Waals surface area contributed by atoms with Crippen LogP contribution in [0.4, 0.5) is 11.4 Å². The van der Waals surface area contributed by atoms with Crippen LogP contribution >= 0.6 is 0 Å². The minimum Gasteiger partial charge on any atom is -0.399 e. The third kappa shape index (κ3) is 4.32. The summed E-state index contributed by atoms with van der Waals surface area (Å²) in [7, 11) is -3.29. The van der Waals surface area contributed by atoms with Crippen LogP contribution in [-0.2, 0) is 21.1 Å². The standard InChI is InChI=1S/C15H16N2O3S/c1-21(19,20)14-7-3-6-13(10-14)17-15(18)9-11-4-2-5-12(16)8-11/h2-8,10H,9,16H2,1H3,(H,17,18). The monoisotopic (exact) mass is 304 g/mol. The molecular formula is C15H16N2O3S. The lowest BCUT2D eigenvalue weighted by atomic mass is 10.1. The third-order valence-electron chi connectivity index (χ3n) is 2.86. The van der Waals surface area contributed by atoms with Crippen LogP contribution in [0.1, 0.15) is 5.56 Å². The van der Waals surface area contributed by atoms with Gasteiger partial charge in [-0.1, -0.05) is 18.2 Å². The molecule has 0 unspecified atom stereocenters. The first-order valence-electron chi connectivity index (χ1n) is 6.29. The molecule has 2 aromatic rings. The van der Waals surface area contributed by atoms with Crippen LogP contribution in [0.5, 0.6) is 0 Å². The van der Waals surface area contributed by atoms with Crippen LogP contribution in [0.25, 0.3) is 0 Å². The van der Waals surface area contributed by atoms with Crippen molar-refractivity contribution in [3.05, 3.63) is 54.1 Å². The van der Waals surface area contributed by atoms with Crippen molar-refractivity contribution >= 4 is 27.1 Å². The largest absolute Gasteiger partial charge is 0.399 e. The Bertz CT molecular complexity index is 770. The number of nitrogen functional groups attached to an aromatic ring is 1. The molecule has 0 radical (unpaired) electrons. The molecule has 0 heterocycles. The minimum atomic E-state index is -3.29. The van der Waals surface area contributed by atoms with Crippen molar-refractivity contribution < 1.29 is 13.2 Å². The third-order valence-corrected chi connectivity index (χ3v) is 3.97. The normalized spacial score (nSPS) is 11.1. The summed E-state index contributed by atoms with van der Waals surface area (Å²) < 4.78 is 22.9. The van der Waals surface area contributed by atoms with Gasteiger partial charge >= 0.3 is 0 Å². The van der Waals surface area contributed by atoms with E-state index in [0.717, 1.165) is 11.8 Å². The highest BCUT2D eigenvalue weighted by atomic mass is 32.2. The highest BCUT2D eigenvalue weighted by Gasteiger charge is 2.09. The van der Waals surface area contributed by atoms with Gasteiger partial charge in [-0.25, -0.2) is 8.42 Å². The molecule has 0 fully saturated rings. The van der Waals surface area contributed by atoms with Gasteiger partial charge in [0.25, 0.3) is 0 Å². The molecule has 1 amide bonds. The molecule has 0 saturated carbocycles. The molecule has 0 spiro atoms. The summed E-state index contributed by atoms with van der Waals surface area (Å²) in [4.78, 5) is 12.1. The molecule has 0 aliphatic heterocycles. The first-order valence-corrected chi connectivity index (χ1v) is 8.18. The second-order valence-electron chi connectivity index (χ2n) is 4.77. The van der Waals surface area contributed by atoms with Crippen LogP contribution in [0.15, 0.2) is 53.4 Å². The zero-order valence-electron chi connectivity index (χ0n) is 11.5.